The highest BCUT2D eigenvalue weighted by molar-refractivity contribution is 8.15. The first-order chi connectivity index (χ1) is 15.9. The first-order valence-electron chi connectivity index (χ1n) is 9.36. The van der Waals surface area contributed by atoms with Crippen LogP contribution < -0.4 is 0 Å². The minimum atomic E-state index is -7.29. The highest BCUT2D eigenvalue weighted by Gasteiger charge is 2.57. The molecule has 4 nitrogen and oxygen atoms in total. The molecule has 0 aliphatic heterocycles. The molecule has 0 heterocycles. The fraction of sp³-hybridized carbons (Fsp3) is 0.444. The standard InChI is InChI=1S/C18H11F11O4S2/c19-5-2-1-3-6(4-5)34(30,31)17(35(32,33)18(27,28)29)9-10(20)7-8(11(21)14(9)24)13(23)16(26)15(25)12(7)22/h5-6,10H,1-4H2. The van der Waals surface area contributed by atoms with Crippen molar-refractivity contribution in [2.75, 3.05) is 0 Å². The Morgan fingerprint density at radius 3 is 1.83 bits per heavy atom. The Morgan fingerprint density at radius 1 is 0.771 bits per heavy atom. The van der Waals surface area contributed by atoms with Crippen molar-refractivity contribution < 1.29 is 65.1 Å². The second-order valence-corrected chi connectivity index (χ2v) is 11.9. The number of sulfone groups is 2. The van der Waals surface area contributed by atoms with Crippen LogP contribution in [0.2, 0.25) is 0 Å². The monoisotopic (exact) mass is 564 g/mol. The molecular weight excluding hydrogens is 553 g/mol. The smallest absolute Gasteiger partial charge is 0.247 e. The molecular formula is C18H11F11O4S2. The van der Waals surface area contributed by atoms with E-state index in [1.54, 1.807) is 0 Å². The Balaban J connectivity index is 2.51. The molecule has 196 valence electrons. The van der Waals surface area contributed by atoms with Gasteiger partial charge in [0.05, 0.1) is 16.4 Å². The molecule has 3 rings (SSSR count). The van der Waals surface area contributed by atoms with E-state index in [1.165, 1.54) is 0 Å². The van der Waals surface area contributed by atoms with E-state index in [9.17, 15) is 60.7 Å². The molecule has 1 saturated carbocycles. The van der Waals surface area contributed by atoms with E-state index in [2.05, 4.69) is 0 Å². The Labute approximate surface area is 189 Å². The molecule has 0 N–H and O–H groups in total. The predicted octanol–water partition coefficient (Wildman–Crippen LogP) is 5.72. The van der Waals surface area contributed by atoms with E-state index in [1.807, 2.05) is 0 Å². The molecule has 1 fully saturated rings. The lowest BCUT2D eigenvalue weighted by Crippen LogP contribution is -2.37. The average Bonchev–Trinajstić information content (AvgIpc) is 2.74. The van der Waals surface area contributed by atoms with Crippen LogP contribution in [0.3, 0.4) is 0 Å². The normalized spacial score (nSPS) is 25.5. The Hall–Kier alpha value is -2.17. The molecule has 3 unspecified atom stereocenters. The van der Waals surface area contributed by atoms with Gasteiger partial charge in [0, 0.05) is 5.56 Å². The fourth-order valence-electron chi connectivity index (χ4n) is 3.86. The lowest BCUT2D eigenvalue weighted by Gasteiger charge is -2.29. The van der Waals surface area contributed by atoms with Crippen molar-refractivity contribution in [2.24, 2.45) is 0 Å². The van der Waals surface area contributed by atoms with Gasteiger partial charge < -0.3 is 0 Å². The molecule has 0 aromatic heterocycles. The number of hydrogen-bond acceptors (Lipinski definition) is 4. The van der Waals surface area contributed by atoms with Crippen LogP contribution in [0.15, 0.2) is 15.6 Å². The number of halogens is 11. The van der Waals surface area contributed by atoms with Crippen LogP contribution in [0, 0.1) is 23.3 Å². The van der Waals surface area contributed by atoms with Crippen molar-refractivity contribution in [3.63, 3.8) is 0 Å². The number of fused-ring (bicyclic) bond motifs is 1. The van der Waals surface area contributed by atoms with Gasteiger partial charge in [0.25, 0.3) is 9.84 Å². The summed E-state index contributed by atoms with van der Waals surface area (Å²) in [6, 6.07) is 0. The summed E-state index contributed by atoms with van der Waals surface area (Å²) in [6.07, 6.45) is -8.40. The minimum Gasteiger partial charge on any atom is -0.247 e. The molecule has 3 atom stereocenters. The van der Waals surface area contributed by atoms with Crippen LogP contribution in [0.25, 0.3) is 5.83 Å². The molecule has 2 aliphatic carbocycles. The second-order valence-electron chi connectivity index (χ2n) is 7.62. The number of hydrogen-bond donors (Lipinski definition) is 0. The zero-order chi connectivity index (χ0) is 26.8. The molecule has 1 aromatic rings. The summed E-state index contributed by atoms with van der Waals surface area (Å²) in [5, 5.41) is -2.29. The maximum absolute atomic E-state index is 15.2. The van der Waals surface area contributed by atoms with Crippen molar-refractivity contribution in [1.82, 2.24) is 0 Å². The highest BCUT2D eigenvalue weighted by atomic mass is 32.3. The molecule has 0 amide bonds. The van der Waals surface area contributed by atoms with E-state index >= 15 is 4.39 Å². The minimum absolute atomic E-state index is 0.277. The van der Waals surface area contributed by atoms with Crippen LogP contribution in [-0.2, 0) is 19.7 Å². The lowest BCUT2D eigenvalue weighted by molar-refractivity contribution is -0.0425. The molecule has 0 bridgehead atoms. The first-order valence-corrected chi connectivity index (χ1v) is 12.4. The van der Waals surface area contributed by atoms with Gasteiger partial charge in [0.15, 0.2) is 55.2 Å². The first kappa shape index (κ1) is 27.4. The predicted molar refractivity (Wildman–Crippen MR) is 97.3 cm³/mol. The zero-order valence-corrected chi connectivity index (χ0v) is 18.3. The summed E-state index contributed by atoms with van der Waals surface area (Å²) in [5.41, 5.74) is -13.9. The molecule has 0 saturated heterocycles. The molecule has 17 heteroatoms. The van der Waals surface area contributed by atoms with Gasteiger partial charge in [-0.2, -0.15) is 13.2 Å². The van der Waals surface area contributed by atoms with E-state index in [4.69, 9.17) is 0 Å². The maximum Gasteiger partial charge on any atom is 0.502 e. The highest BCUT2D eigenvalue weighted by Crippen LogP contribution is 2.52. The molecule has 0 spiro atoms. The van der Waals surface area contributed by atoms with Gasteiger partial charge in [-0.25, -0.2) is 52.0 Å². The van der Waals surface area contributed by atoms with E-state index in [0.29, 0.717) is 0 Å². The maximum atomic E-state index is 15.2. The number of alkyl halides is 5. The largest absolute Gasteiger partial charge is 0.502 e. The third-order valence-corrected chi connectivity index (χ3v) is 10.2. The van der Waals surface area contributed by atoms with Crippen molar-refractivity contribution >= 4 is 25.5 Å². The molecule has 0 radical (unpaired) electrons. The molecule has 35 heavy (non-hydrogen) atoms. The quantitative estimate of drug-likeness (QED) is 0.268. The summed E-state index contributed by atoms with van der Waals surface area (Å²) in [7, 11) is -13.4. The molecule has 1 aromatic carbocycles. The van der Waals surface area contributed by atoms with Crippen LogP contribution in [0.4, 0.5) is 48.3 Å². The van der Waals surface area contributed by atoms with Crippen molar-refractivity contribution in [3.8, 4) is 0 Å². The van der Waals surface area contributed by atoms with Gasteiger partial charge >= 0.3 is 5.51 Å². The van der Waals surface area contributed by atoms with Crippen LogP contribution in [-0.4, -0.2) is 33.8 Å². The van der Waals surface area contributed by atoms with Gasteiger partial charge in [-0.1, -0.05) is 0 Å². The average molecular weight is 564 g/mol. The van der Waals surface area contributed by atoms with E-state index < -0.39 is 111 Å². The SMILES string of the molecule is O=S(=O)(C(=C1C(F)=C(F)c2c(F)c(F)c(F)c(F)c2C1F)S(=O)(=O)C(F)(F)F)C1CCCC(F)C1. The Bertz CT molecular complexity index is 1360. The van der Waals surface area contributed by atoms with Crippen LogP contribution in [0.5, 0.6) is 0 Å². The third-order valence-electron chi connectivity index (χ3n) is 5.49. The van der Waals surface area contributed by atoms with Gasteiger partial charge in [-0.3, -0.25) is 0 Å². The Morgan fingerprint density at radius 2 is 1.31 bits per heavy atom. The third kappa shape index (κ3) is 4.13. The number of rotatable bonds is 3. The number of benzene rings is 1. The number of allylic oxidation sites excluding steroid dienone is 2. The van der Waals surface area contributed by atoms with E-state index in [0.717, 1.165) is 0 Å². The lowest BCUT2D eigenvalue weighted by atomic mass is 9.89. The van der Waals surface area contributed by atoms with E-state index in [-0.39, 0.29) is 12.8 Å². The summed E-state index contributed by atoms with van der Waals surface area (Å²) in [5.74, 6) is -17.0. The Kier molecular flexibility index (Phi) is 6.85. The van der Waals surface area contributed by atoms with Crippen molar-refractivity contribution in [3.05, 3.63) is 50.0 Å². The zero-order valence-electron chi connectivity index (χ0n) is 16.7. The summed E-state index contributed by atoms with van der Waals surface area (Å²) < 4.78 is 201. The van der Waals surface area contributed by atoms with Gasteiger partial charge in [-0.15, -0.1) is 0 Å². The van der Waals surface area contributed by atoms with Gasteiger partial charge in [0.2, 0.25) is 0 Å². The van der Waals surface area contributed by atoms with Crippen LogP contribution >= 0.6 is 0 Å². The summed E-state index contributed by atoms with van der Waals surface area (Å²) in [6.45, 7) is 0. The fourth-order valence-corrected chi connectivity index (χ4v) is 8.20. The summed E-state index contributed by atoms with van der Waals surface area (Å²) >= 11 is 0. The van der Waals surface area contributed by atoms with Crippen LogP contribution in [0.1, 0.15) is 43.0 Å². The van der Waals surface area contributed by atoms with Crippen molar-refractivity contribution in [2.45, 2.75) is 48.8 Å². The van der Waals surface area contributed by atoms with Gasteiger partial charge in [-0.05, 0) is 25.7 Å². The van der Waals surface area contributed by atoms with Gasteiger partial charge in [0.1, 0.15) is 6.17 Å². The topological polar surface area (TPSA) is 68.3 Å². The van der Waals surface area contributed by atoms with Crippen molar-refractivity contribution in [1.29, 1.82) is 0 Å². The summed E-state index contributed by atoms with van der Waals surface area (Å²) in [4.78, 5) is 0. The second kappa shape index (κ2) is 8.74. The molecule has 2 aliphatic rings.